The van der Waals surface area contributed by atoms with Crippen molar-refractivity contribution in [3.63, 3.8) is 0 Å². The van der Waals surface area contributed by atoms with Gasteiger partial charge in [-0.2, -0.15) is 0 Å². The van der Waals surface area contributed by atoms with Gasteiger partial charge in [-0.1, -0.05) is 26.2 Å². The zero-order valence-electron chi connectivity index (χ0n) is 13.2. The fourth-order valence-electron chi connectivity index (χ4n) is 3.52. The van der Waals surface area contributed by atoms with Gasteiger partial charge < -0.3 is 15.7 Å². The molecule has 2 saturated carbocycles. The molecule has 0 bridgehead atoms. The number of nitrogens with one attached hydrogen (secondary N) is 2. The van der Waals surface area contributed by atoms with Gasteiger partial charge in [0.2, 0.25) is 0 Å². The van der Waals surface area contributed by atoms with E-state index in [9.17, 15) is 14.7 Å². The number of carboxylic acids is 1. The molecule has 0 aromatic heterocycles. The van der Waals surface area contributed by atoms with Crippen molar-refractivity contribution in [2.24, 2.45) is 11.8 Å². The van der Waals surface area contributed by atoms with Crippen molar-refractivity contribution in [2.75, 3.05) is 0 Å². The molecule has 0 saturated heterocycles. The Morgan fingerprint density at radius 3 is 2.29 bits per heavy atom. The van der Waals surface area contributed by atoms with E-state index in [0.29, 0.717) is 5.92 Å². The Labute approximate surface area is 126 Å². The van der Waals surface area contributed by atoms with Gasteiger partial charge >= 0.3 is 12.0 Å². The van der Waals surface area contributed by atoms with E-state index in [1.165, 1.54) is 19.3 Å². The van der Waals surface area contributed by atoms with Crippen LogP contribution in [0.1, 0.15) is 65.2 Å². The summed E-state index contributed by atoms with van der Waals surface area (Å²) in [6, 6.07) is -0.174. The van der Waals surface area contributed by atoms with Crippen LogP contribution in [0.5, 0.6) is 0 Å². The number of rotatable bonds is 6. The molecule has 2 unspecified atom stereocenters. The highest BCUT2D eigenvalue weighted by atomic mass is 16.4. The average Bonchev–Trinajstić information content (AvgIpc) is 3.30. The number of amides is 2. The van der Waals surface area contributed by atoms with E-state index in [2.05, 4.69) is 17.6 Å². The number of hydrogen-bond donors (Lipinski definition) is 3. The number of aliphatic carboxylic acids is 1. The summed E-state index contributed by atoms with van der Waals surface area (Å²) in [5.74, 6) is -0.340. The lowest BCUT2D eigenvalue weighted by Gasteiger charge is -2.32. The summed E-state index contributed by atoms with van der Waals surface area (Å²) < 4.78 is 0. The predicted octanol–water partition coefficient (Wildman–Crippen LogP) is 2.90. The van der Waals surface area contributed by atoms with Gasteiger partial charge in [0, 0.05) is 6.04 Å². The summed E-state index contributed by atoms with van der Waals surface area (Å²) in [6.45, 7) is 3.70. The van der Waals surface area contributed by atoms with Crippen LogP contribution in [-0.4, -0.2) is 28.7 Å². The fourth-order valence-corrected chi connectivity index (χ4v) is 3.52. The Kier molecular flexibility index (Phi) is 5.12. The Bertz CT molecular complexity index is 389. The highest BCUT2D eigenvalue weighted by Gasteiger charge is 2.48. The third kappa shape index (κ3) is 3.89. The van der Waals surface area contributed by atoms with Gasteiger partial charge in [0.1, 0.15) is 5.54 Å². The lowest BCUT2D eigenvalue weighted by atomic mass is 9.83. The van der Waals surface area contributed by atoms with Crippen molar-refractivity contribution in [1.29, 1.82) is 0 Å². The van der Waals surface area contributed by atoms with Gasteiger partial charge in [0.15, 0.2) is 0 Å². The van der Waals surface area contributed by atoms with Crippen molar-refractivity contribution in [1.82, 2.24) is 10.6 Å². The molecule has 0 spiro atoms. The van der Waals surface area contributed by atoms with E-state index in [1.807, 2.05) is 0 Å². The summed E-state index contributed by atoms with van der Waals surface area (Å²) in [4.78, 5) is 23.7. The van der Waals surface area contributed by atoms with Crippen LogP contribution in [0.3, 0.4) is 0 Å². The molecule has 0 radical (unpaired) electrons. The molecule has 2 amide bonds. The lowest BCUT2D eigenvalue weighted by Crippen LogP contribution is -2.58. The molecule has 2 rings (SSSR count). The van der Waals surface area contributed by atoms with Crippen LogP contribution in [0, 0.1) is 11.8 Å². The number of carboxylic acid groups (broad SMARTS) is 1. The monoisotopic (exact) mass is 296 g/mol. The molecule has 0 aromatic carbocycles. The summed E-state index contributed by atoms with van der Waals surface area (Å²) >= 11 is 0. The molecule has 0 heterocycles. The number of carbonyl (C=O) groups is 2. The Balaban J connectivity index is 1.91. The van der Waals surface area contributed by atoms with Crippen LogP contribution in [0.4, 0.5) is 4.79 Å². The molecule has 2 aliphatic rings. The first kappa shape index (κ1) is 16.1. The molecular weight excluding hydrogens is 268 g/mol. The molecule has 0 aromatic rings. The second-order valence-corrected chi connectivity index (χ2v) is 6.79. The van der Waals surface area contributed by atoms with Gasteiger partial charge in [0.25, 0.3) is 0 Å². The van der Waals surface area contributed by atoms with Gasteiger partial charge in [-0.05, 0) is 50.9 Å². The molecule has 5 nitrogen and oxygen atoms in total. The quantitative estimate of drug-likeness (QED) is 0.705. The predicted molar refractivity (Wildman–Crippen MR) is 81.1 cm³/mol. The third-order valence-corrected chi connectivity index (χ3v) is 5.19. The maximum Gasteiger partial charge on any atom is 0.329 e. The summed E-state index contributed by atoms with van der Waals surface area (Å²) in [5.41, 5.74) is -1.13. The second-order valence-electron chi connectivity index (χ2n) is 6.79. The van der Waals surface area contributed by atoms with Crippen LogP contribution in [-0.2, 0) is 4.79 Å². The SMILES string of the molecule is CCC(NC(=O)NC(C)(C(=O)O)C1CC1)C1CCCCC1. The molecule has 3 N–H and O–H groups in total. The van der Waals surface area contributed by atoms with E-state index in [-0.39, 0.29) is 18.0 Å². The largest absolute Gasteiger partial charge is 0.480 e. The minimum Gasteiger partial charge on any atom is -0.480 e. The zero-order chi connectivity index (χ0) is 15.5. The number of carbonyl (C=O) groups excluding carboxylic acids is 1. The highest BCUT2D eigenvalue weighted by Crippen LogP contribution is 2.39. The second kappa shape index (κ2) is 6.67. The Morgan fingerprint density at radius 2 is 1.81 bits per heavy atom. The van der Waals surface area contributed by atoms with E-state index in [4.69, 9.17) is 0 Å². The molecule has 5 heteroatoms. The maximum atomic E-state index is 12.2. The van der Waals surface area contributed by atoms with Crippen molar-refractivity contribution < 1.29 is 14.7 Å². The van der Waals surface area contributed by atoms with Crippen LogP contribution >= 0.6 is 0 Å². The maximum absolute atomic E-state index is 12.2. The number of hydrogen-bond acceptors (Lipinski definition) is 2. The van der Waals surface area contributed by atoms with E-state index in [1.54, 1.807) is 6.92 Å². The summed E-state index contributed by atoms with van der Waals surface area (Å²) in [7, 11) is 0. The first-order valence-electron chi connectivity index (χ1n) is 8.29. The molecule has 21 heavy (non-hydrogen) atoms. The van der Waals surface area contributed by atoms with Gasteiger partial charge in [-0.15, -0.1) is 0 Å². The van der Waals surface area contributed by atoms with Crippen LogP contribution in [0.2, 0.25) is 0 Å². The summed E-state index contributed by atoms with van der Waals surface area (Å²) in [5, 5.41) is 15.1. The smallest absolute Gasteiger partial charge is 0.329 e. The third-order valence-electron chi connectivity index (χ3n) is 5.19. The summed E-state index contributed by atoms with van der Waals surface area (Å²) in [6.07, 6.45) is 8.74. The normalized spacial score (nSPS) is 23.9. The average molecular weight is 296 g/mol. The zero-order valence-corrected chi connectivity index (χ0v) is 13.2. The molecule has 2 fully saturated rings. The van der Waals surface area contributed by atoms with Crippen molar-refractivity contribution in [2.45, 2.75) is 76.8 Å². The molecule has 2 atom stereocenters. The van der Waals surface area contributed by atoms with Crippen molar-refractivity contribution in [3.8, 4) is 0 Å². The minimum absolute atomic E-state index is 0.0653. The molecule has 2 aliphatic carbocycles. The van der Waals surface area contributed by atoms with E-state index >= 15 is 0 Å². The van der Waals surface area contributed by atoms with Crippen molar-refractivity contribution >= 4 is 12.0 Å². The van der Waals surface area contributed by atoms with Gasteiger partial charge in [-0.25, -0.2) is 9.59 Å². The van der Waals surface area contributed by atoms with Crippen LogP contribution < -0.4 is 10.6 Å². The first-order valence-corrected chi connectivity index (χ1v) is 8.29. The topological polar surface area (TPSA) is 78.4 Å². The standard InChI is InChI=1S/C16H28N2O3/c1-3-13(11-7-5-4-6-8-11)17-15(21)18-16(2,14(19)20)12-9-10-12/h11-13H,3-10H2,1-2H3,(H,19,20)(H2,17,18,21). The Hall–Kier alpha value is -1.26. The number of urea groups is 1. The van der Waals surface area contributed by atoms with Crippen LogP contribution in [0.25, 0.3) is 0 Å². The first-order chi connectivity index (χ1) is 9.97. The molecule has 120 valence electrons. The molecular formula is C16H28N2O3. The highest BCUT2D eigenvalue weighted by molar-refractivity contribution is 5.86. The Morgan fingerprint density at radius 1 is 1.19 bits per heavy atom. The van der Waals surface area contributed by atoms with Gasteiger partial charge in [-0.3, -0.25) is 0 Å². The van der Waals surface area contributed by atoms with Crippen molar-refractivity contribution in [3.05, 3.63) is 0 Å². The lowest BCUT2D eigenvalue weighted by molar-refractivity contribution is -0.144. The molecule has 0 aliphatic heterocycles. The van der Waals surface area contributed by atoms with E-state index < -0.39 is 11.5 Å². The van der Waals surface area contributed by atoms with E-state index in [0.717, 1.165) is 32.1 Å². The van der Waals surface area contributed by atoms with Crippen LogP contribution in [0.15, 0.2) is 0 Å². The fraction of sp³-hybridized carbons (Fsp3) is 0.875. The minimum atomic E-state index is -1.13. The van der Waals surface area contributed by atoms with Gasteiger partial charge in [0.05, 0.1) is 0 Å².